The van der Waals surface area contributed by atoms with Crippen LogP contribution in [0.15, 0.2) is 63.6 Å². The predicted octanol–water partition coefficient (Wildman–Crippen LogP) is 3.74. The Bertz CT molecular complexity index is 727. The first-order chi connectivity index (χ1) is 10.2. The summed E-state index contributed by atoms with van der Waals surface area (Å²) >= 11 is 3.43. The number of halogens is 1. The van der Waals surface area contributed by atoms with Crippen molar-refractivity contribution < 1.29 is 4.52 Å². The summed E-state index contributed by atoms with van der Waals surface area (Å²) in [4.78, 5) is 4.39. The molecular weight excluding hydrogens is 330 g/mol. The molecule has 0 aliphatic carbocycles. The number of nitrogens with zero attached hydrogens (tertiary/aromatic N) is 2. The molecule has 106 valence electrons. The van der Waals surface area contributed by atoms with Gasteiger partial charge in [-0.25, -0.2) is 0 Å². The Morgan fingerprint density at radius 1 is 1.10 bits per heavy atom. The maximum absolute atomic E-state index is 6.14. The molecule has 4 nitrogen and oxygen atoms in total. The highest BCUT2D eigenvalue weighted by Crippen LogP contribution is 2.22. The van der Waals surface area contributed by atoms with Crippen LogP contribution in [0.3, 0.4) is 0 Å². The van der Waals surface area contributed by atoms with Gasteiger partial charge in [0.05, 0.1) is 6.04 Å². The molecule has 21 heavy (non-hydrogen) atoms. The molecule has 1 heterocycles. The van der Waals surface area contributed by atoms with Crippen LogP contribution in [0.25, 0.3) is 11.4 Å². The third-order valence-electron chi connectivity index (χ3n) is 3.14. The average Bonchev–Trinajstić information content (AvgIpc) is 2.98. The highest BCUT2D eigenvalue weighted by atomic mass is 79.9. The Hall–Kier alpha value is -1.98. The fourth-order valence-electron chi connectivity index (χ4n) is 2.09. The van der Waals surface area contributed by atoms with Crippen LogP contribution in [0.2, 0.25) is 0 Å². The number of hydrogen-bond donors (Lipinski definition) is 1. The minimum Gasteiger partial charge on any atom is -0.337 e. The summed E-state index contributed by atoms with van der Waals surface area (Å²) in [5, 5.41) is 4.00. The third kappa shape index (κ3) is 3.37. The van der Waals surface area contributed by atoms with Gasteiger partial charge in [-0.05, 0) is 24.1 Å². The standard InChI is InChI=1S/C16H14BrN3O/c17-13-8-4-7-12(10-13)15-19-16(21-20-15)14(18)9-11-5-2-1-3-6-11/h1-8,10,14H,9,18H2/t14-/m0/s1. The van der Waals surface area contributed by atoms with Crippen molar-refractivity contribution in [2.75, 3.05) is 0 Å². The van der Waals surface area contributed by atoms with E-state index >= 15 is 0 Å². The molecule has 0 unspecified atom stereocenters. The first kappa shape index (κ1) is 14.0. The van der Waals surface area contributed by atoms with Gasteiger partial charge in [0.1, 0.15) is 0 Å². The Morgan fingerprint density at radius 2 is 1.90 bits per heavy atom. The van der Waals surface area contributed by atoms with Crippen molar-refractivity contribution in [3.05, 3.63) is 70.5 Å². The molecule has 0 bridgehead atoms. The van der Waals surface area contributed by atoms with E-state index in [0.717, 1.165) is 15.6 Å². The Kier molecular flexibility index (Phi) is 4.13. The van der Waals surface area contributed by atoms with Gasteiger partial charge in [-0.15, -0.1) is 0 Å². The van der Waals surface area contributed by atoms with E-state index in [-0.39, 0.29) is 6.04 Å². The molecule has 0 saturated heterocycles. The number of benzene rings is 2. The van der Waals surface area contributed by atoms with Gasteiger partial charge < -0.3 is 10.3 Å². The fourth-order valence-corrected chi connectivity index (χ4v) is 2.49. The molecule has 5 heteroatoms. The summed E-state index contributed by atoms with van der Waals surface area (Å²) < 4.78 is 6.26. The largest absolute Gasteiger partial charge is 0.337 e. The van der Waals surface area contributed by atoms with E-state index in [2.05, 4.69) is 26.1 Å². The van der Waals surface area contributed by atoms with Crippen molar-refractivity contribution in [1.82, 2.24) is 10.1 Å². The van der Waals surface area contributed by atoms with Gasteiger partial charge in [0.15, 0.2) is 0 Å². The summed E-state index contributed by atoms with van der Waals surface area (Å²) in [6.45, 7) is 0. The van der Waals surface area contributed by atoms with Gasteiger partial charge in [0.25, 0.3) is 0 Å². The average molecular weight is 344 g/mol. The Morgan fingerprint density at radius 3 is 2.67 bits per heavy atom. The lowest BCUT2D eigenvalue weighted by molar-refractivity contribution is 0.354. The molecule has 0 aliphatic heterocycles. The van der Waals surface area contributed by atoms with Gasteiger partial charge in [0.2, 0.25) is 11.7 Å². The van der Waals surface area contributed by atoms with Crippen LogP contribution in [-0.2, 0) is 6.42 Å². The molecule has 0 amide bonds. The minimum atomic E-state index is -0.305. The Balaban J connectivity index is 1.78. The summed E-state index contributed by atoms with van der Waals surface area (Å²) in [6, 6.07) is 17.5. The number of rotatable bonds is 4. The second-order valence-corrected chi connectivity index (χ2v) is 5.68. The summed E-state index contributed by atoms with van der Waals surface area (Å²) in [5.41, 5.74) is 8.18. The zero-order valence-electron chi connectivity index (χ0n) is 11.2. The second kappa shape index (κ2) is 6.20. The van der Waals surface area contributed by atoms with Crippen LogP contribution in [0, 0.1) is 0 Å². The number of hydrogen-bond acceptors (Lipinski definition) is 4. The minimum absolute atomic E-state index is 0.305. The molecule has 3 aromatic rings. The van der Waals surface area contributed by atoms with Crippen molar-refractivity contribution >= 4 is 15.9 Å². The van der Waals surface area contributed by atoms with Crippen LogP contribution >= 0.6 is 15.9 Å². The zero-order chi connectivity index (χ0) is 14.7. The molecule has 2 aromatic carbocycles. The van der Waals surface area contributed by atoms with Crippen LogP contribution in [-0.4, -0.2) is 10.1 Å². The normalized spacial score (nSPS) is 12.3. The first-order valence-electron chi connectivity index (χ1n) is 6.61. The maximum Gasteiger partial charge on any atom is 0.244 e. The lowest BCUT2D eigenvalue weighted by Crippen LogP contribution is -2.13. The van der Waals surface area contributed by atoms with Crippen molar-refractivity contribution in [3.8, 4) is 11.4 Å². The van der Waals surface area contributed by atoms with Crippen molar-refractivity contribution in [1.29, 1.82) is 0 Å². The molecule has 2 N–H and O–H groups in total. The van der Waals surface area contributed by atoms with E-state index in [9.17, 15) is 0 Å². The van der Waals surface area contributed by atoms with Crippen molar-refractivity contribution in [2.24, 2.45) is 5.73 Å². The monoisotopic (exact) mass is 343 g/mol. The SMILES string of the molecule is N[C@@H](Cc1ccccc1)c1nc(-c2cccc(Br)c2)no1. The van der Waals surface area contributed by atoms with E-state index < -0.39 is 0 Å². The van der Waals surface area contributed by atoms with Crippen LogP contribution in [0.4, 0.5) is 0 Å². The fraction of sp³-hybridized carbons (Fsp3) is 0.125. The van der Waals surface area contributed by atoms with Gasteiger partial charge in [0, 0.05) is 10.0 Å². The lowest BCUT2D eigenvalue weighted by atomic mass is 10.1. The maximum atomic E-state index is 6.14. The van der Waals surface area contributed by atoms with Crippen LogP contribution in [0.5, 0.6) is 0 Å². The number of nitrogens with two attached hydrogens (primary N) is 1. The van der Waals surface area contributed by atoms with E-state index in [1.165, 1.54) is 0 Å². The third-order valence-corrected chi connectivity index (χ3v) is 3.63. The molecule has 3 rings (SSSR count). The highest BCUT2D eigenvalue weighted by molar-refractivity contribution is 9.10. The highest BCUT2D eigenvalue weighted by Gasteiger charge is 2.16. The topological polar surface area (TPSA) is 64.9 Å². The van der Waals surface area contributed by atoms with Gasteiger partial charge in [-0.2, -0.15) is 4.98 Å². The zero-order valence-corrected chi connectivity index (χ0v) is 12.8. The smallest absolute Gasteiger partial charge is 0.244 e. The quantitative estimate of drug-likeness (QED) is 0.783. The first-order valence-corrected chi connectivity index (χ1v) is 7.41. The van der Waals surface area contributed by atoms with Gasteiger partial charge >= 0.3 is 0 Å². The predicted molar refractivity (Wildman–Crippen MR) is 84.5 cm³/mol. The number of aromatic nitrogens is 2. The van der Waals surface area contributed by atoms with Crippen LogP contribution in [0.1, 0.15) is 17.5 Å². The molecule has 0 saturated carbocycles. The molecule has 0 spiro atoms. The molecular formula is C16H14BrN3O. The van der Waals surface area contributed by atoms with Crippen LogP contribution < -0.4 is 5.73 Å². The molecule has 1 aromatic heterocycles. The molecule has 0 radical (unpaired) electrons. The molecule has 1 atom stereocenters. The van der Waals surface area contributed by atoms with E-state index in [0.29, 0.717) is 18.1 Å². The summed E-state index contributed by atoms with van der Waals surface area (Å²) in [7, 11) is 0. The van der Waals surface area contributed by atoms with E-state index in [4.69, 9.17) is 10.3 Å². The van der Waals surface area contributed by atoms with E-state index in [1.54, 1.807) is 0 Å². The molecule has 0 aliphatic rings. The van der Waals surface area contributed by atoms with Gasteiger partial charge in [-0.3, -0.25) is 0 Å². The summed E-state index contributed by atoms with van der Waals surface area (Å²) in [5.74, 6) is 1.00. The van der Waals surface area contributed by atoms with Gasteiger partial charge in [-0.1, -0.05) is 63.6 Å². The lowest BCUT2D eigenvalue weighted by Gasteiger charge is -2.05. The summed E-state index contributed by atoms with van der Waals surface area (Å²) in [6.07, 6.45) is 0.668. The van der Waals surface area contributed by atoms with Crippen molar-refractivity contribution in [3.63, 3.8) is 0 Å². The molecule has 0 fully saturated rings. The van der Waals surface area contributed by atoms with Crippen molar-refractivity contribution in [2.45, 2.75) is 12.5 Å². The Labute approximate surface area is 131 Å². The van der Waals surface area contributed by atoms with E-state index in [1.807, 2.05) is 54.6 Å². The second-order valence-electron chi connectivity index (χ2n) is 4.76.